The van der Waals surface area contributed by atoms with Gasteiger partial charge in [0, 0.05) is 18.0 Å². The number of hydrogen-bond donors (Lipinski definition) is 3. The average Bonchev–Trinajstić information content (AvgIpc) is 3.06. The van der Waals surface area contributed by atoms with Crippen molar-refractivity contribution in [2.75, 3.05) is 26.2 Å². The first-order valence-corrected chi connectivity index (χ1v) is 9.52. The highest BCUT2D eigenvalue weighted by Gasteiger charge is 2.10. The zero-order chi connectivity index (χ0) is 17.9. The summed E-state index contributed by atoms with van der Waals surface area (Å²) in [6.07, 6.45) is 0.205. The van der Waals surface area contributed by atoms with Crippen molar-refractivity contribution >= 4 is 52.9 Å². The standard InChI is InChI=1S/C18H24ClN3O2S.HI/c1-2-20-18(22-13-15(23)16-9-10-17(19)25-16)21-11-6-12-24-14-7-4-3-5-8-14;/h3-5,7-10,15,23H,2,6,11-13H2,1H3,(H2,20,21,22);1H. The molecule has 0 fully saturated rings. The fraction of sp³-hybridized carbons (Fsp3) is 0.389. The second-order valence-corrected chi connectivity index (χ2v) is 7.07. The first kappa shape index (κ1) is 23.0. The minimum Gasteiger partial charge on any atom is -0.494 e. The fourth-order valence-electron chi connectivity index (χ4n) is 2.10. The normalized spacial score (nSPS) is 12.2. The second-order valence-electron chi connectivity index (χ2n) is 5.32. The van der Waals surface area contributed by atoms with Crippen molar-refractivity contribution in [3.05, 3.63) is 51.7 Å². The molecule has 1 aromatic heterocycles. The third kappa shape index (κ3) is 8.57. The molecule has 0 saturated carbocycles. The number of nitrogens with zero attached hydrogens (tertiary/aromatic N) is 1. The minimum atomic E-state index is -0.644. The first-order chi connectivity index (χ1) is 12.2. The van der Waals surface area contributed by atoms with Crippen LogP contribution in [0.3, 0.4) is 0 Å². The first-order valence-electron chi connectivity index (χ1n) is 8.32. The molecular formula is C18H25ClIN3O2S. The summed E-state index contributed by atoms with van der Waals surface area (Å²) in [5, 5.41) is 16.6. The van der Waals surface area contributed by atoms with Crippen molar-refractivity contribution < 1.29 is 9.84 Å². The van der Waals surface area contributed by atoms with Crippen LogP contribution in [0.4, 0.5) is 0 Å². The number of para-hydroxylation sites is 1. The smallest absolute Gasteiger partial charge is 0.191 e. The Bertz CT molecular complexity index is 655. The van der Waals surface area contributed by atoms with E-state index in [9.17, 15) is 5.11 Å². The third-order valence-electron chi connectivity index (χ3n) is 3.31. The lowest BCUT2D eigenvalue weighted by atomic mass is 10.3. The molecule has 2 aromatic rings. The van der Waals surface area contributed by atoms with Crippen molar-refractivity contribution in [2.45, 2.75) is 19.4 Å². The van der Waals surface area contributed by atoms with Gasteiger partial charge in [-0.05, 0) is 37.6 Å². The molecule has 3 N–H and O–H groups in total. The van der Waals surface area contributed by atoms with Gasteiger partial charge >= 0.3 is 0 Å². The Labute approximate surface area is 180 Å². The Morgan fingerprint density at radius 2 is 2.00 bits per heavy atom. The number of benzene rings is 1. The van der Waals surface area contributed by atoms with Gasteiger partial charge in [0.25, 0.3) is 0 Å². The van der Waals surface area contributed by atoms with Gasteiger partial charge in [0.05, 0.1) is 17.5 Å². The van der Waals surface area contributed by atoms with Gasteiger partial charge in [-0.15, -0.1) is 35.3 Å². The molecule has 1 atom stereocenters. The van der Waals surface area contributed by atoms with Crippen LogP contribution in [-0.4, -0.2) is 37.3 Å². The van der Waals surface area contributed by atoms with E-state index < -0.39 is 6.10 Å². The average molecular weight is 510 g/mol. The molecule has 0 aliphatic heterocycles. The molecule has 5 nitrogen and oxygen atoms in total. The van der Waals surface area contributed by atoms with E-state index in [2.05, 4.69) is 15.6 Å². The Morgan fingerprint density at radius 3 is 2.65 bits per heavy atom. The van der Waals surface area contributed by atoms with Crippen molar-refractivity contribution in [3.63, 3.8) is 0 Å². The van der Waals surface area contributed by atoms with E-state index in [1.54, 1.807) is 6.07 Å². The molecule has 8 heteroatoms. The van der Waals surface area contributed by atoms with E-state index in [-0.39, 0.29) is 30.5 Å². The lowest BCUT2D eigenvalue weighted by molar-refractivity contribution is 0.191. The van der Waals surface area contributed by atoms with Crippen molar-refractivity contribution in [1.29, 1.82) is 0 Å². The number of rotatable bonds is 9. The summed E-state index contributed by atoms with van der Waals surface area (Å²) >= 11 is 7.27. The molecule has 0 saturated heterocycles. The van der Waals surface area contributed by atoms with Crippen LogP contribution in [0.1, 0.15) is 24.3 Å². The summed E-state index contributed by atoms with van der Waals surface area (Å²) in [5.41, 5.74) is 0. The Kier molecular flexibility index (Phi) is 11.7. The summed E-state index contributed by atoms with van der Waals surface area (Å²) < 4.78 is 6.32. The maximum atomic E-state index is 10.2. The maximum absolute atomic E-state index is 10.2. The van der Waals surface area contributed by atoms with Gasteiger partial charge in [-0.1, -0.05) is 29.8 Å². The van der Waals surface area contributed by atoms with Crippen molar-refractivity contribution in [2.24, 2.45) is 4.99 Å². The lowest BCUT2D eigenvalue weighted by Gasteiger charge is -2.13. The molecule has 1 heterocycles. The number of guanidine groups is 1. The lowest BCUT2D eigenvalue weighted by Crippen LogP contribution is -2.38. The molecule has 1 unspecified atom stereocenters. The number of nitrogens with one attached hydrogen (secondary N) is 2. The van der Waals surface area contributed by atoms with Gasteiger partial charge in [0.15, 0.2) is 5.96 Å². The zero-order valence-corrected chi connectivity index (χ0v) is 18.6. The number of aliphatic imine (C=N–C) groups is 1. The SMILES string of the molecule is CCNC(=NCC(O)c1ccc(Cl)s1)NCCCOc1ccccc1.I. The van der Waals surface area contributed by atoms with Crippen LogP contribution in [-0.2, 0) is 0 Å². The van der Waals surface area contributed by atoms with E-state index >= 15 is 0 Å². The van der Waals surface area contributed by atoms with Crippen LogP contribution < -0.4 is 15.4 Å². The second kappa shape index (κ2) is 13.2. The van der Waals surface area contributed by atoms with Gasteiger partial charge in [-0.25, -0.2) is 0 Å². The van der Waals surface area contributed by atoms with Gasteiger partial charge in [0.2, 0.25) is 0 Å². The molecule has 0 aliphatic rings. The van der Waals surface area contributed by atoms with E-state index in [0.29, 0.717) is 16.9 Å². The van der Waals surface area contributed by atoms with Crippen LogP contribution in [0.5, 0.6) is 5.75 Å². The quantitative estimate of drug-likeness (QED) is 0.206. The van der Waals surface area contributed by atoms with E-state index in [1.807, 2.05) is 43.3 Å². The topological polar surface area (TPSA) is 65.9 Å². The highest BCUT2D eigenvalue weighted by molar-refractivity contribution is 14.0. The number of aliphatic hydroxyl groups is 1. The zero-order valence-electron chi connectivity index (χ0n) is 14.7. The van der Waals surface area contributed by atoms with Gasteiger partial charge < -0.3 is 20.5 Å². The number of ether oxygens (including phenoxy) is 1. The maximum Gasteiger partial charge on any atom is 0.191 e. The van der Waals surface area contributed by atoms with E-state index in [1.165, 1.54) is 11.3 Å². The summed E-state index contributed by atoms with van der Waals surface area (Å²) in [4.78, 5) is 5.24. The number of halogens is 2. The number of aliphatic hydroxyl groups excluding tert-OH is 1. The molecule has 0 radical (unpaired) electrons. The summed E-state index contributed by atoms with van der Waals surface area (Å²) in [6.45, 7) is 4.41. The van der Waals surface area contributed by atoms with Gasteiger partial charge in [0.1, 0.15) is 11.9 Å². The molecule has 0 amide bonds. The molecule has 0 bridgehead atoms. The monoisotopic (exact) mass is 509 g/mol. The van der Waals surface area contributed by atoms with Crippen LogP contribution in [0.2, 0.25) is 4.34 Å². The van der Waals surface area contributed by atoms with Gasteiger partial charge in [-0.2, -0.15) is 0 Å². The summed E-state index contributed by atoms with van der Waals surface area (Å²) in [6, 6.07) is 13.4. The predicted octanol–water partition coefficient (Wildman–Crippen LogP) is 4.08. The highest BCUT2D eigenvalue weighted by Crippen LogP contribution is 2.26. The van der Waals surface area contributed by atoms with Crippen LogP contribution in [0.25, 0.3) is 0 Å². The van der Waals surface area contributed by atoms with Crippen LogP contribution >= 0.6 is 46.9 Å². The highest BCUT2D eigenvalue weighted by atomic mass is 127. The van der Waals surface area contributed by atoms with Crippen LogP contribution in [0, 0.1) is 0 Å². The fourth-order valence-corrected chi connectivity index (χ4v) is 3.14. The van der Waals surface area contributed by atoms with E-state index in [4.69, 9.17) is 16.3 Å². The number of hydrogen-bond acceptors (Lipinski definition) is 4. The van der Waals surface area contributed by atoms with E-state index in [0.717, 1.165) is 30.1 Å². The Balaban J connectivity index is 0.00000338. The largest absolute Gasteiger partial charge is 0.494 e. The van der Waals surface area contributed by atoms with Crippen molar-refractivity contribution in [3.8, 4) is 5.75 Å². The Hall–Kier alpha value is -1.03. The molecule has 144 valence electrons. The minimum absolute atomic E-state index is 0. The molecule has 0 aliphatic carbocycles. The molecule has 1 aromatic carbocycles. The molecular weight excluding hydrogens is 485 g/mol. The van der Waals surface area contributed by atoms with Crippen molar-refractivity contribution in [1.82, 2.24) is 10.6 Å². The molecule has 26 heavy (non-hydrogen) atoms. The van der Waals surface area contributed by atoms with Gasteiger partial charge in [-0.3, -0.25) is 4.99 Å². The predicted molar refractivity (Wildman–Crippen MR) is 120 cm³/mol. The molecule has 2 rings (SSSR count). The Morgan fingerprint density at radius 1 is 1.23 bits per heavy atom. The van der Waals surface area contributed by atoms with Crippen LogP contribution in [0.15, 0.2) is 47.5 Å². The summed E-state index contributed by atoms with van der Waals surface area (Å²) in [7, 11) is 0. The number of thiophene rings is 1. The summed E-state index contributed by atoms with van der Waals surface area (Å²) in [5.74, 6) is 1.56. The third-order valence-corrected chi connectivity index (χ3v) is 4.65. The molecule has 0 spiro atoms.